The van der Waals surface area contributed by atoms with Gasteiger partial charge in [0.15, 0.2) is 0 Å². The van der Waals surface area contributed by atoms with E-state index in [0.717, 1.165) is 18.7 Å². The second-order valence-electron chi connectivity index (χ2n) is 4.76. The standard InChI is InChI=1S/C17H20FNS/c1-19-13-15(14-7-9-16(18)10-8-14)11-12-20-17-5-3-2-4-6-17/h2-10,15,19H,11-13H2,1H3. The van der Waals surface area contributed by atoms with Crippen molar-refractivity contribution in [3.63, 3.8) is 0 Å². The second kappa shape index (κ2) is 8.08. The minimum atomic E-state index is -0.171. The van der Waals surface area contributed by atoms with Gasteiger partial charge in [0.2, 0.25) is 0 Å². The van der Waals surface area contributed by atoms with Gasteiger partial charge < -0.3 is 5.32 Å². The van der Waals surface area contributed by atoms with E-state index in [1.807, 2.05) is 37.0 Å². The summed E-state index contributed by atoms with van der Waals surface area (Å²) in [5.41, 5.74) is 1.20. The van der Waals surface area contributed by atoms with Crippen LogP contribution in [0.4, 0.5) is 4.39 Å². The van der Waals surface area contributed by atoms with Crippen LogP contribution in [0.5, 0.6) is 0 Å². The Kier molecular flexibility index (Phi) is 6.09. The third-order valence-corrected chi connectivity index (χ3v) is 4.32. The Labute approximate surface area is 124 Å². The quantitative estimate of drug-likeness (QED) is 0.762. The molecule has 3 heteroatoms. The number of benzene rings is 2. The summed E-state index contributed by atoms with van der Waals surface area (Å²) in [7, 11) is 1.96. The monoisotopic (exact) mass is 289 g/mol. The minimum absolute atomic E-state index is 0.171. The molecule has 0 amide bonds. The first-order valence-electron chi connectivity index (χ1n) is 6.87. The average molecular weight is 289 g/mol. The Balaban J connectivity index is 1.90. The van der Waals surface area contributed by atoms with Crippen molar-refractivity contribution >= 4 is 11.8 Å². The van der Waals surface area contributed by atoms with E-state index in [-0.39, 0.29) is 5.82 Å². The fourth-order valence-corrected chi connectivity index (χ4v) is 3.19. The SMILES string of the molecule is CNCC(CCSc1ccccc1)c1ccc(F)cc1. The lowest BCUT2D eigenvalue weighted by molar-refractivity contribution is 0.605. The van der Waals surface area contributed by atoms with E-state index in [1.165, 1.54) is 10.5 Å². The van der Waals surface area contributed by atoms with Gasteiger partial charge in [-0.3, -0.25) is 0 Å². The van der Waals surface area contributed by atoms with Crippen molar-refractivity contribution < 1.29 is 4.39 Å². The normalized spacial score (nSPS) is 12.3. The Morgan fingerprint density at radius 3 is 2.40 bits per heavy atom. The van der Waals surface area contributed by atoms with Crippen molar-refractivity contribution in [3.05, 3.63) is 66.0 Å². The van der Waals surface area contributed by atoms with E-state index < -0.39 is 0 Å². The van der Waals surface area contributed by atoms with Crippen molar-refractivity contribution in [1.29, 1.82) is 0 Å². The molecule has 1 unspecified atom stereocenters. The number of likely N-dealkylation sites (N-methyl/N-ethyl adjacent to an activating group) is 1. The van der Waals surface area contributed by atoms with Gasteiger partial charge in [0.1, 0.15) is 5.82 Å². The summed E-state index contributed by atoms with van der Waals surface area (Å²) < 4.78 is 13.0. The van der Waals surface area contributed by atoms with Crippen molar-refractivity contribution in [3.8, 4) is 0 Å². The molecule has 0 aromatic heterocycles. The Bertz CT molecular complexity index is 498. The van der Waals surface area contributed by atoms with Crippen LogP contribution in [0.2, 0.25) is 0 Å². The van der Waals surface area contributed by atoms with E-state index in [9.17, 15) is 4.39 Å². The lowest BCUT2D eigenvalue weighted by Crippen LogP contribution is -2.17. The second-order valence-corrected chi connectivity index (χ2v) is 5.92. The third-order valence-electron chi connectivity index (χ3n) is 3.27. The number of nitrogens with one attached hydrogen (secondary N) is 1. The highest BCUT2D eigenvalue weighted by atomic mass is 32.2. The molecule has 0 saturated heterocycles. The highest BCUT2D eigenvalue weighted by molar-refractivity contribution is 7.99. The van der Waals surface area contributed by atoms with Crippen LogP contribution >= 0.6 is 11.8 Å². The summed E-state index contributed by atoms with van der Waals surface area (Å²) in [5.74, 6) is 1.32. The predicted molar refractivity (Wildman–Crippen MR) is 84.9 cm³/mol. The molecule has 0 saturated carbocycles. The van der Waals surface area contributed by atoms with E-state index >= 15 is 0 Å². The molecule has 0 heterocycles. The van der Waals surface area contributed by atoms with Crippen molar-refractivity contribution in [2.24, 2.45) is 0 Å². The third kappa shape index (κ3) is 4.66. The number of thioether (sulfide) groups is 1. The summed E-state index contributed by atoms with van der Waals surface area (Å²) >= 11 is 1.87. The molecule has 0 aliphatic carbocycles. The van der Waals surface area contributed by atoms with Gasteiger partial charge >= 0.3 is 0 Å². The van der Waals surface area contributed by atoms with Gasteiger partial charge in [-0.15, -0.1) is 11.8 Å². The Hall–Kier alpha value is -1.32. The van der Waals surface area contributed by atoms with E-state index in [1.54, 1.807) is 12.1 Å². The number of hydrogen-bond acceptors (Lipinski definition) is 2. The molecule has 0 aliphatic heterocycles. The smallest absolute Gasteiger partial charge is 0.123 e. The maximum Gasteiger partial charge on any atom is 0.123 e. The molecule has 1 nitrogen and oxygen atoms in total. The van der Waals surface area contributed by atoms with Crippen LogP contribution in [0.25, 0.3) is 0 Å². The first-order valence-corrected chi connectivity index (χ1v) is 7.86. The molecule has 2 aromatic rings. The molecule has 1 N–H and O–H groups in total. The Morgan fingerprint density at radius 2 is 1.75 bits per heavy atom. The highest BCUT2D eigenvalue weighted by Crippen LogP contribution is 2.25. The molecule has 0 fully saturated rings. The van der Waals surface area contributed by atoms with Crippen LogP contribution in [-0.4, -0.2) is 19.3 Å². The van der Waals surface area contributed by atoms with Gasteiger partial charge in [0, 0.05) is 11.4 Å². The van der Waals surface area contributed by atoms with E-state index in [0.29, 0.717) is 5.92 Å². The van der Waals surface area contributed by atoms with Crippen molar-refractivity contribution in [1.82, 2.24) is 5.32 Å². The van der Waals surface area contributed by atoms with Gasteiger partial charge in [-0.05, 0) is 55.0 Å². The fraction of sp³-hybridized carbons (Fsp3) is 0.294. The maximum atomic E-state index is 13.0. The summed E-state index contributed by atoms with van der Waals surface area (Å²) in [6, 6.07) is 17.3. The lowest BCUT2D eigenvalue weighted by atomic mass is 9.96. The van der Waals surface area contributed by atoms with Crippen LogP contribution in [-0.2, 0) is 0 Å². The zero-order chi connectivity index (χ0) is 14.2. The first-order chi connectivity index (χ1) is 9.79. The molecule has 2 aromatic carbocycles. The highest BCUT2D eigenvalue weighted by Gasteiger charge is 2.10. The number of rotatable bonds is 7. The van der Waals surface area contributed by atoms with Gasteiger partial charge in [-0.25, -0.2) is 4.39 Å². The molecule has 1 atom stereocenters. The van der Waals surface area contributed by atoms with Crippen LogP contribution in [0, 0.1) is 5.82 Å². The first kappa shape index (κ1) is 15.1. The average Bonchev–Trinajstić information content (AvgIpc) is 2.48. The lowest BCUT2D eigenvalue weighted by Gasteiger charge is -2.17. The number of hydrogen-bond donors (Lipinski definition) is 1. The molecule has 2 rings (SSSR count). The largest absolute Gasteiger partial charge is 0.319 e. The van der Waals surface area contributed by atoms with Crippen LogP contribution in [0.15, 0.2) is 59.5 Å². The van der Waals surface area contributed by atoms with Gasteiger partial charge in [0.25, 0.3) is 0 Å². The maximum absolute atomic E-state index is 13.0. The van der Waals surface area contributed by atoms with Crippen molar-refractivity contribution in [2.45, 2.75) is 17.2 Å². The predicted octanol–water partition coefficient (Wildman–Crippen LogP) is 4.31. The van der Waals surface area contributed by atoms with E-state index in [2.05, 4.69) is 29.6 Å². The summed E-state index contributed by atoms with van der Waals surface area (Å²) in [5, 5.41) is 3.23. The molecule has 0 spiro atoms. The van der Waals surface area contributed by atoms with Crippen LogP contribution in [0.3, 0.4) is 0 Å². The van der Waals surface area contributed by atoms with E-state index in [4.69, 9.17) is 0 Å². The van der Waals surface area contributed by atoms with Crippen molar-refractivity contribution in [2.75, 3.05) is 19.3 Å². The topological polar surface area (TPSA) is 12.0 Å². The molecule has 106 valence electrons. The fourth-order valence-electron chi connectivity index (χ4n) is 2.20. The van der Waals surface area contributed by atoms with Gasteiger partial charge in [-0.1, -0.05) is 30.3 Å². The molecule has 0 bridgehead atoms. The van der Waals surface area contributed by atoms with Gasteiger partial charge in [-0.2, -0.15) is 0 Å². The minimum Gasteiger partial charge on any atom is -0.319 e. The van der Waals surface area contributed by atoms with Crippen LogP contribution in [0.1, 0.15) is 17.9 Å². The molecular weight excluding hydrogens is 269 g/mol. The van der Waals surface area contributed by atoms with Crippen LogP contribution < -0.4 is 5.32 Å². The molecule has 20 heavy (non-hydrogen) atoms. The molecular formula is C17H20FNS. The summed E-state index contributed by atoms with van der Waals surface area (Å²) in [4.78, 5) is 1.30. The zero-order valence-electron chi connectivity index (χ0n) is 11.7. The van der Waals surface area contributed by atoms with Gasteiger partial charge in [0.05, 0.1) is 0 Å². The summed E-state index contributed by atoms with van der Waals surface area (Å²) in [6.45, 7) is 0.918. The Morgan fingerprint density at radius 1 is 1.05 bits per heavy atom. The number of halogens is 1. The zero-order valence-corrected chi connectivity index (χ0v) is 12.5. The summed E-state index contributed by atoms with van der Waals surface area (Å²) in [6.07, 6.45) is 1.08. The molecule has 0 aliphatic rings. The molecule has 0 radical (unpaired) electrons.